The quantitative estimate of drug-likeness (QED) is 0.620. The van der Waals surface area contributed by atoms with Crippen LogP contribution in [0.15, 0.2) is 16.6 Å². The fourth-order valence-corrected chi connectivity index (χ4v) is 2.13. The van der Waals surface area contributed by atoms with E-state index in [0.717, 1.165) is 0 Å². The summed E-state index contributed by atoms with van der Waals surface area (Å²) in [5, 5.41) is 0.278. The molecule has 0 fully saturated rings. The third kappa shape index (κ3) is 3.01. The van der Waals surface area contributed by atoms with Crippen LogP contribution in [0.3, 0.4) is 0 Å². The van der Waals surface area contributed by atoms with Crippen LogP contribution in [-0.2, 0) is 10.1 Å². The van der Waals surface area contributed by atoms with E-state index in [1.165, 1.54) is 6.07 Å². The van der Waals surface area contributed by atoms with Crippen LogP contribution in [0.5, 0.6) is 0 Å². The van der Waals surface area contributed by atoms with Gasteiger partial charge in [0.1, 0.15) is 5.82 Å². The Labute approximate surface area is 104 Å². The molecule has 0 amide bonds. The zero-order valence-corrected chi connectivity index (χ0v) is 11.2. The molecule has 0 aliphatic rings. The maximum atomic E-state index is 13.4. The summed E-state index contributed by atoms with van der Waals surface area (Å²) in [6, 6.07) is 2.87. The molecule has 15 heavy (non-hydrogen) atoms. The zero-order valence-electron chi connectivity index (χ0n) is 8.02. The summed E-state index contributed by atoms with van der Waals surface area (Å²) >= 11 is 6.27. The van der Waals surface area contributed by atoms with Crippen molar-refractivity contribution in [3.8, 4) is 0 Å². The Bertz CT molecular complexity index is 380. The number of carbonyl (C=O) groups excluding carboxylic acids is 1. The average Bonchev–Trinajstić information content (AvgIpc) is 2.17. The molecule has 0 N–H and O–H groups in total. The summed E-state index contributed by atoms with van der Waals surface area (Å²) in [6.07, 6.45) is 0. The lowest BCUT2D eigenvalue weighted by molar-refractivity contribution is 0.0524. The van der Waals surface area contributed by atoms with Crippen molar-refractivity contribution in [2.24, 2.45) is 0 Å². The molecule has 2 nitrogen and oxygen atoms in total. The Morgan fingerprint density at radius 3 is 2.73 bits per heavy atom. The van der Waals surface area contributed by atoms with E-state index in [-0.39, 0.29) is 17.5 Å². The smallest absolute Gasteiger partial charge is 0.338 e. The van der Waals surface area contributed by atoms with Crippen LogP contribution in [0.2, 0.25) is 0 Å². The summed E-state index contributed by atoms with van der Waals surface area (Å²) in [4.78, 5) is 11.5. The molecule has 1 rings (SSSR count). The molecule has 0 aromatic heterocycles. The number of esters is 1. The van der Waals surface area contributed by atoms with E-state index < -0.39 is 11.8 Å². The number of rotatable bonds is 3. The number of benzene rings is 1. The second kappa shape index (κ2) is 5.61. The van der Waals surface area contributed by atoms with Gasteiger partial charge in [-0.1, -0.05) is 31.9 Å². The summed E-state index contributed by atoms with van der Waals surface area (Å²) in [5.74, 6) is -0.934. The highest BCUT2D eigenvalue weighted by molar-refractivity contribution is 9.10. The van der Waals surface area contributed by atoms with E-state index in [9.17, 15) is 9.18 Å². The van der Waals surface area contributed by atoms with Gasteiger partial charge in [0.25, 0.3) is 0 Å². The van der Waals surface area contributed by atoms with Gasteiger partial charge in [0.05, 0.1) is 12.2 Å². The van der Waals surface area contributed by atoms with Crippen LogP contribution in [0.4, 0.5) is 4.39 Å². The lowest BCUT2D eigenvalue weighted by Gasteiger charge is -2.08. The van der Waals surface area contributed by atoms with Gasteiger partial charge in [0.15, 0.2) is 0 Å². The van der Waals surface area contributed by atoms with E-state index in [2.05, 4.69) is 31.9 Å². The molecule has 5 heteroatoms. The minimum atomic E-state index is -0.507. The predicted octanol–water partition coefficient (Wildman–Crippen LogP) is 3.66. The Morgan fingerprint density at radius 2 is 2.20 bits per heavy atom. The average molecular weight is 340 g/mol. The summed E-state index contributed by atoms with van der Waals surface area (Å²) in [5.41, 5.74) is 0.567. The standard InChI is InChI=1S/C10H9Br2FO2/c1-2-15-10(14)7-3-6(12)4-9(13)8(7)5-11/h3-4H,2,5H2,1H3. The molecule has 0 heterocycles. The van der Waals surface area contributed by atoms with Crippen molar-refractivity contribution in [2.45, 2.75) is 12.3 Å². The minimum absolute atomic E-state index is 0.251. The van der Waals surface area contributed by atoms with E-state index in [0.29, 0.717) is 10.0 Å². The molecular formula is C10H9Br2FO2. The zero-order chi connectivity index (χ0) is 11.4. The third-order valence-corrected chi connectivity index (χ3v) is 2.81. The summed E-state index contributed by atoms with van der Waals surface area (Å²) < 4.78 is 18.8. The number of halogens is 3. The van der Waals surface area contributed by atoms with E-state index >= 15 is 0 Å². The monoisotopic (exact) mass is 338 g/mol. The lowest BCUT2D eigenvalue weighted by Crippen LogP contribution is -2.09. The summed E-state index contributed by atoms with van der Waals surface area (Å²) in [7, 11) is 0. The topological polar surface area (TPSA) is 26.3 Å². The molecule has 0 atom stereocenters. The Balaban J connectivity index is 3.20. The molecule has 0 aliphatic carbocycles. The number of ether oxygens (including phenoxy) is 1. The molecule has 0 saturated carbocycles. The van der Waals surface area contributed by atoms with Gasteiger partial charge in [-0.2, -0.15) is 0 Å². The van der Waals surface area contributed by atoms with Gasteiger partial charge in [0, 0.05) is 15.4 Å². The molecule has 0 radical (unpaired) electrons. The van der Waals surface area contributed by atoms with Crippen molar-refractivity contribution in [3.63, 3.8) is 0 Å². The van der Waals surface area contributed by atoms with Crippen LogP contribution in [0.1, 0.15) is 22.8 Å². The van der Waals surface area contributed by atoms with E-state index in [1.54, 1.807) is 13.0 Å². The highest BCUT2D eigenvalue weighted by atomic mass is 79.9. The van der Waals surface area contributed by atoms with Gasteiger partial charge in [-0.3, -0.25) is 0 Å². The first kappa shape index (κ1) is 12.6. The van der Waals surface area contributed by atoms with Crippen molar-refractivity contribution in [3.05, 3.63) is 33.5 Å². The molecule has 1 aromatic carbocycles. The van der Waals surface area contributed by atoms with Crippen molar-refractivity contribution in [1.82, 2.24) is 0 Å². The van der Waals surface area contributed by atoms with Crippen LogP contribution in [-0.4, -0.2) is 12.6 Å². The van der Waals surface area contributed by atoms with Crippen LogP contribution in [0, 0.1) is 5.82 Å². The SMILES string of the molecule is CCOC(=O)c1cc(Br)cc(F)c1CBr. The van der Waals surface area contributed by atoms with Gasteiger partial charge in [-0.05, 0) is 19.1 Å². The van der Waals surface area contributed by atoms with Gasteiger partial charge in [0.2, 0.25) is 0 Å². The first-order valence-corrected chi connectivity index (χ1v) is 6.22. The number of alkyl halides is 1. The molecule has 0 unspecified atom stereocenters. The Kier molecular flexibility index (Phi) is 4.73. The molecule has 0 bridgehead atoms. The number of hydrogen-bond donors (Lipinski definition) is 0. The molecule has 0 spiro atoms. The van der Waals surface area contributed by atoms with Crippen molar-refractivity contribution < 1.29 is 13.9 Å². The van der Waals surface area contributed by atoms with Crippen molar-refractivity contribution >= 4 is 37.8 Å². The highest BCUT2D eigenvalue weighted by Crippen LogP contribution is 2.23. The number of carbonyl (C=O) groups is 1. The maximum absolute atomic E-state index is 13.4. The van der Waals surface area contributed by atoms with E-state index in [4.69, 9.17) is 4.74 Å². The molecular weight excluding hydrogens is 331 g/mol. The number of hydrogen-bond acceptors (Lipinski definition) is 2. The van der Waals surface area contributed by atoms with Crippen molar-refractivity contribution in [1.29, 1.82) is 0 Å². The van der Waals surface area contributed by atoms with Gasteiger partial charge in [-0.25, -0.2) is 9.18 Å². The lowest BCUT2D eigenvalue weighted by atomic mass is 10.1. The third-order valence-electron chi connectivity index (χ3n) is 1.79. The van der Waals surface area contributed by atoms with Gasteiger partial charge < -0.3 is 4.74 Å². The van der Waals surface area contributed by atoms with E-state index in [1.807, 2.05) is 0 Å². The van der Waals surface area contributed by atoms with Crippen molar-refractivity contribution in [2.75, 3.05) is 6.61 Å². The fraction of sp³-hybridized carbons (Fsp3) is 0.300. The fourth-order valence-electron chi connectivity index (χ4n) is 1.13. The van der Waals surface area contributed by atoms with Crippen LogP contribution < -0.4 is 0 Å². The Morgan fingerprint density at radius 1 is 1.53 bits per heavy atom. The summed E-state index contributed by atoms with van der Waals surface area (Å²) in [6.45, 7) is 1.98. The first-order valence-electron chi connectivity index (χ1n) is 4.31. The molecule has 82 valence electrons. The largest absolute Gasteiger partial charge is 0.462 e. The molecule has 0 aliphatic heterocycles. The first-order chi connectivity index (χ1) is 7.10. The predicted molar refractivity (Wildman–Crippen MR) is 62.7 cm³/mol. The highest BCUT2D eigenvalue weighted by Gasteiger charge is 2.16. The minimum Gasteiger partial charge on any atom is -0.462 e. The molecule has 1 aromatic rings. The maximum Gasteiger partial charge on any atom is 0.338 e. The van der Waals surface area contributed by atoms with Gasteiger partial charge >= 0.3 is 5.97 Å². The Hall–Kier alpha value is -0.420. The van der Waals surface area contributed by atoms with Crippen LogP contribution in [0.25, 0.3) is 0 Å². The normalized spacial score (nSPS) is 10.1. The van der Waals surface area contributed by atoms with Gasteiger partial charge in [-0.15, -0.1) is 0 Å². The van der Waals surface area contributed by atoms with Crippen LogP contribution >= 0.6 is 31.9 Å². The molecule has 0 saturated heterocycles. The second-order valence-corrected chi connectivity index (χ2v) is 4.24. The second-order valence-electron chi connectivity index (χ2n) is 2.77.